The fraction of sp³-hybridized carbons (Fsp3) is 0.333. The van der Waals surface area contributed by atoms with Gasteiger partial charge in [-0.2, -0.15) is 0 Å². The van der Waals surface area contributed by atoms with Crippen LogP contribution >= 0.6 is 0 Å². The molecule has 0 aliphatic carbocycles. The van der Waals surface area contributed by atoms with Crippen LogP contribution < -0.4 is 5.73 Å². The molecule has 2 aromatic rings. The Morgan fingerprint density at radius 1 is 1.11 bits per heavy atom. The number of aromatic hydroxyl groups is 1. The van der Waals surface area contributed by atoms with Gasteiger partial charge in [0, 0.05) is 18.7 Å². The van der Waals surface area contributed by atoms with E-state index in [4.69, 9.17) is 15.9 Å². The minimum atomic E-state index is -0.779. The van der Waals surface area contributed by atoms with Gasteiger partial charge >= 0.3 is 6.09 Å². The smallest absolute Gasteiger partial charge is 0.407 e. The zero-order chi connectivity index (χ0) is 19.8. The number of hydrogen-bond acceptors (Lipinski definition) is 3. The summed E-state index contributed by atoms with van der Waals surface area (Å²) >= 11 is 0. The molecule has 0 spiro atoms. The topological polar surface area (TPSA) is 104 Å². The zero-order valence-corrected chi connectivity index (χ0v) is 15.5. The molecule has 1 fully saturated rings. The van der Waals surface area contributed by atoms with E-state index in [2.05, 4.69) is 31.2 Å². The molecule has 1 heterocycles. The van der Waals surface area contributed by atoms with Crippen molar-refractivity contribution in [3.63, 3.8) is 0 Å². The Hall–Kier alpha value is -3.02. The largest absolute Gasteiger partial charge is 0.508 e. The molecule has 144 valence electrons. The van der Waals surface area contributed by atoms with Crippen molar-refractivity contribution in [2.24, 2.45) is 11.7 Å². The normalized spacial score (nSPS) is 14.2. The SMILES string of the molecule is Cc1cccc(CC2CCN(C(=O)O)CC2)c1.NC(=O)c1ccc(O)cc1. The Morgan fingerprint density at radius 3 is 2.26 bits per heavy atom. The molecule has 1 aliphatic heterocycles. The van der Waals surface area contributed by atoms with Crippen molar-refractivity contribution < 1.29 is 19.8 Å². The van der Waals surface area contributed by atoms with Gasteiger partial charge in [-0.05, 0) is 61.9 Å². The van der Waals surface area contributed by atoms with E-state index < -0.39 is 12.0 Å². The Balaban J connectivity index is 0.000000223. The Labute approximate surface area is 159 Å². The van der Waals surface area contributed by atoms with Crippen LogP contribution in [-0.4, -0.2) is 40.2 Å². The highest BCUT2D eigenvalue weighted by molar-refractivity contribution is 5.92. The number of nitrogens with zero attached hydrogens (tertiary/aromatic N) is 1. The number of primary amides is 1. The van der Waals surface area contributed by atoms with E-state index in [1.165, 1.54) is 40.3 Å². The summed E-state index contributed by atoms with van der Waals surface area (Å²) in [5.74, 6) is 0.275. The molecule has 0 saturated carbocycles. The van der Waals surface area contributed by atoms with Gasteiger partial charge < -0.3 is 20.8 Å². The third-order valence-electron chi connectivity index (χ3n) is 4.64. The average Bonchev–Trinajstić information content (AvgIpc) is 2.63. The van der Waals surface area contributed by atoms with Crippen molar-refractivity contribution in [3.8, 4) is 5.75 Å². The number of nitrogens with two attached hydrogens (primary N) is 1. The summed E-state index contributed by atoms with van der Waals surface area (Å²) in [6, 6.07) is 14.4. The fourth-order valence-corrected chi connectivity index (χ4v) is 3.13. The zero-order valence-electron chi connectivity index (χ0n) is 15.5. The van der Waals surface area contributed by atoms with Gasteiger partial charge in [0.2, 0.25) is 5.91 Å². The number of aryl methyl sites for hydroxylation is 1. The molecule has 6 heteroatoms. The number of piperidine rings is 1. The van der Waals surface area contributed by atoms with Gasteiger partial charge in [0.15, 0.2) is 0 Å². The predicted molar refractivity (Wildman–Crippen MR) is 104 cm³/mol. The first kappa shape index (κ1) is 20.3. The van der Waals surface area contributed by atoms with E-state index in [1.54, 1.807) is 0 Å². The van der Waals surface area contributed by atoms with Crippen LogP contribution in [0.4, 0.5) is 4.79 Å². The lowest BCUT2D eigenvalue weighted by atomic mass is 9.90. The lowest BCUT2D eigenvalue weighted by Gasteiger charge is -2.30. The van der Waals surface area contributed by atoms with Gasteiger partial charge in [-0.1, -0.05) is 29.8 Å². The highest BCUT2D eigenvalue weighted by Crippen LogP contribution is 2.22. The first-order valence-electron chi connectivity index (χ1n) is 8.97. The summed E-state index contributed by atoms with van der Waals surface area (Å²) in [7, 11) is 0. The maximum absolute atomic E-state index is 10.8. The molecule has 6 nitrogen and oxygen atoms in total. The van der Waals surface area contributed by atoms with Gasteiger partial charge in [-0.15, -0.1) is 0 Å². The maximum atomic E-state index is 10.8. The highest BCUT2D eigenvalue weighted by atomic mass is 16.4. The molecule has 0 bridgehead atoms. The Bertz CT molecular complexity index is 766. The second-order valence-electron chi connectivity index (χ2n) is 6.82. The average molecular weight is 370 g/mol. The minimum absolute atomic E-state index is 0.130. The number of carbonyl (C=O) groups is 2. The molecule has 4 N–H and O–H groups in total. The van der Waals surface area contributed by atoms with Crippen LogP contribution in [0.15, 0.2) is 48.5 Å². The van der Waals surface area contributed by atoms with E-state index in [9.17, 15) is 9.59 Å². The van der Waals surface area contributed by atoms with E-state index in [1.807, 2.05) is 0 Å². The third kappa shape index (κ3) is 6.66. The van der Waals surface area contributed by atoms with Crippen LogP contribution in [0.5, 0.6) is 5.75 Å². The highest BCUT2D eigenvalue weighted by Gasteiger charge is 2.22. The molecule has 2 amide bonds. The number of amides is 2. The van der Waals surface area contributed by atoms with Crippen molar-refractivity contribution in [1.29, 1.82) is 0 Å². The number of benzene rings is 2. The second kappa shape index (κ2) is 9.62. The molecule has 0 atom stereocenters. The molecule has 0 radical (unpaired) electrons. The van der Waals surface area contributed by atoms with E-state index in [-0.39, 0.29) is 5.75 Å². The summed E-state index contributed by atoms with van der Waals surface area (Å²) in [4.78, 5) is 22.8. The molecule has 27 heavy (non-hydrogen) atoms. The molecular weight excluding hydrogens is 344 g/mol. The number of rotatable bonds is 3. The molecule has 0 unspecified atom stereocenters. The fourth-order valence-electron chi connectivity index (χ4n) is 3.13. The van der Waals surface area contributed by atoms with Crippen LogP contribution in [0.1, 0.15) is 34.3 Å². The van der Waals surface area contributed by atoms with Crippen LogP contribution in [0.3, 0.4) is 0 Å². The van der Waals surface area contributed by atoms with Gasteiger partial charge in [0.05, 0.1) is 0 Å². The molecular formula is C21H26N2O4. The minimum Gasteiger partial charge on any atom is -0.508 e. The quantitative estimate of drug-likeness (QED) is 0.770. The molecule has 1 saturated heterocycles. The molecule has 0 aromatic heterocycles. The van der Waals surface area contributed by atoms with Crippen LogP contribution in [-0.2, 0) is 6.42 Å². The molecule has 2 aromatic carbocycles. The van der Waals surface area contributed by atoms with Gasteiger partial charge in [-0.3, -0.25) is 4.79 Å². The van der Waals surface area contributed by atoms with Crippen molar-refractivity contribution in [2.45, 2.75) is 26.2 Å². The molecule has 1 aliphatic rings. The van der Waals surface area contributed by atoms with Crippen molar-refractivity contribution in [3.05, 3.63) is 65.2 Å². The van der Waals surface area contributed by atoms with E-state index in [0.29, 0.717) is 24.6 Å². The number of hydrogen-bond donors (Lipinski definition) is 3. The summed E-state index contributed by atoms with van der Waals surface area (Å²) in [6.07, 6.45) is 2.27. The van der Waals surface area contributed by atoms with Crippen LogP contribution in [0.25, 0.3) is 0 Å². The summed E-state index contributed by atoms with van der Waals surface area (Å²) in [5, 5.41) is 17.7. The Morgan fingerprint density at radius 2 is 1.74 bits per heavy atom. The lowest BCUT2D eigenvalue weighted by molar-refractivity contribution is 0.1000. The number of phenolic OH excluding ortho intramolecular Hbond substituents is 1. The predicted octanol–water partition coefficient (Wildman–Crippen LogP) is 3.42. The number of phenols is 1. The maximum Gasteiger partial charge on any atom is 0.407 e. The van der Waals surface area contributed by atoms with E-state index in [0.717, 1.165) is 19.3 Å². The van der Waals surface area contributed by atoms with Gasteiger partial charge in [-0.25, -0.2) is 4.79 Å². The first-order valence-corrected chi connectivity index (χ1v) is 8.97. The first-order chi connectivity index (χ1) is 12.8. The number of carboxylic acid groups (broad SMARTS) is 1. The summed E-state index contributed by atoms with van der Waals surface area (Å²) in [6.45, 7) is 3.48. The monoisotopic (exact) mass is 370 g/mol. The van der Waals surface area contributed by atoms with Crippen molar-refractivity contribution in [2.75, 3.05) is 13.1 Å². The van der Waals surface area contributed by atoms with Gasteiger partial charge in [0.25, 0.3) is 0 Å². The standard InChI is InChI=1S/C14H19NO2.C7H7NO2/c1-11-3-2-4-13(9-11)10-12-5-7-15(8-6-12)14(16)17;8-7(10)5-1-3-6(9)4-2-5/h2-4,9,12H,5-8,10H2,1H3,(H,16,17);1-4,9H,(H2,8,10). The van der Waals surface area contributed by atoms with Crippen molar-refractivity contribution >= 4 is 12.0 Å². The molecule has 3 rings (SSSR count). The van der Waals surface area contributed by atoms with Crippen molar-refractivity contribution in [1.82, 2.24) is 4.90 Å². The van der Waals surface area contributed by atoms with Gasteiger partial charge in [0.1, 0.15) is 5.75 Å². The summed E-state index contributed by atoms with van der Waals surface area (Å²) in [5.41, 5.74) is 8.01. The van der Waals surface area contributed by atoms with E-state index >= 15 is 0 Å². The second-order valence-corrected chi connectivity index (χ2v) is 6.82. The lowest BCUT2D eigenvalue weighted by Crippen LogP contribution is -2.37. The third-order valence-corrected chi connectivity index (χ3v) is 4.64. The summed E-state index contributed by atoms with van der Waals surface area (Å²) < 4.78 is 0. The Kier molecular flexibility index (Phi) is 7.23. The van der Waals surface area contributed by atoms with Crippen LogP contribution in [0, 0.1) is 12.8 Å². The number of likely N-dealkylation sites (tertiary alicyclic amines) is 1. The van der Waals surface area contributed by atoms with Crippen LogP contribution in [0.2, 0.25) is 0 Å². The number of carbonyl (C=O) groups excluding carboxylic acids is 1.